The first kappa shape index (κ1) is 12.1. The summed E-state index contributed by atoms with van der Waals surface area (Å²) in [5.74, 6) is -0.873. The van der Waals surface area contributed by atoms with E-state index >= 15 is 0 Å². The van der Waals surface area contributed by atoms with Crippen molar-refractivity contribution in [2.45, 2.75) is 20.0 Å². The molecule has 0 bridgehead atoms. The van der Waals surface area contributed by atoms with Gasteiger partial charge in [-0.25, -0.2) is 4.68 Å². The van der Waals surface area contributed by atoms with Crippen LogP contribution in [0, 0.1) is 0 Å². The van der Waals surface area contributed by atoms with Crippen LogP contribution in [-0.2, 0) is 32.7 Å². The molecule has 1 aromatic heterocycles. The minimum Gasteiger partial charge on any atom is -0.466 e. The van der Waals surface area contributed by atoms with Crippen molar-refractivity contribution >= 4 is 11.9 Å². The van der Waals surface area contributed by atoms with E-state index in [1.54, 1.807) is 14.0 Å². The highest BCUT2D eigenvalue weighted by molar-refractivity contribution is 5.91. The summed E-state index contributed by atoms with van der Waals surface area (Å²) >= 11 is 0. The normalized spacial score (nSPS) is 9.88. The molecule has 1 heterocycles. The minimum atomic E-state index is -0.665. The highest BCUT2D eigenvalue weighted by Crippen LogP contribution is 1.96. The molecule has 0 aliphatic heterocycles. The van der Waals surface area contributed by atoms with Gasteiger partial charge in [-0.2, -0.15) is 0 Å². The van der Waals surface area contributed by atoms with Gasteiger partial charge in [0.25, 0.3) is 0 Å². The number of nitrogens with zero attached hydrogens (tertiary/aromatic N) is 4. The zero-order valence-corrected chi connectivity index (χ0v) is 9.04. The lowest BCUT2D eigenvalue weighted by molar-refractivity contribution is -0.155. The van der Waals surface area contributed by atoms with Crippen molar-refractivity contribution in [3.8, 4) is 0 Å². The van der Waals surface area contributed by atoms with E-state index in [1.807, 2.05) is 0 Å². The Morgan fingerprint density at radius 2 is 2.00 bits per heavy atom. The lowest BCUT2D eigenvalue weighted by Gasteiger charge is -2.03. The molecule has 88 valence electrons. The monoisotopic (exact) mass is 228 g/mol. The first-order valence-electron chi connectivity index (χ1n) is 4.66. The number of aryl methyl sites for hydroxylation is 1. The molecule has 0 saturated heterocycles. The maximum absolute atomic E-state index is 11.1. The molecule has 0 aliphatic carbocycles. The van der Waals surface area contributed by atoms with Gasteiger partial charge in [0.1, 0.15) is 6.42 Å². The van der Waals surface area contributed by atoms with E-state index in [9.17, 15) is 9.59 Å². The van der Waals surface area contributed by atoms with Gasteiger partial charge in [-0.3, -0.25) is 9.59 Å². The van der Waals surface area contributed by atoms with E-state index in [2.05, 4.69) is 20.3 Å². The fourth-order valence-corrected chi connectivity index (χ4v) is 0.896. The summed E-state index contributed by atoms with van der Waals surface area (Å²) in [7, 11) is 1.62. The summed E-state index contributed by atoms with van der Waals surface area (Å²) in [6.45, 7) is 1.83. The van der Waals surface area contributed by atoms with Crippen LogP contribution in [0.25, 0.3) is 0 Å². The van der Waals surface area contributed by atoms with Gasteiger partial charge in [-0.15, -0.1) is 5.10 Å². The molecule has 8 heteroatoms. The molecule has 0 amide bonds. The average molecular weight is 228 g/mol. The van der Waals surface area contributed by atoms with Gasteiger partial charge >= 0.3 is 11.9 Å². The maximum Gasteiger partial charge on any atom is 0.317 e. The molecular weight excluding hydrogens is 216 g/mol. The molecule has 8 nitrogen and oxygen atoms in total. The van der Waals surface area contributed by atoms with Crippen LogP contribution in [0.4, 0.5) is 0 Å². The second-order valence-electron chi connectivity index (χ2n) is 2.86. The summed E-state index contributed by atoms with van der Waals surface area (Å²) in [6, 6.07) is 0. The van der Waals surface area contributed by atoms with E-state index < -0.39 is 18.4 Å². The summed E-state index contributed by atoms with van der Waals surface area (Å²) < 4.78 is 10.7. The molecule has 0 aliphatic rings. The Labute approximate surface area is 91.5 Å². The SMILES string of the molecule is CCOC(=O)CC(=O)OCc1nnnn1C. The number of hydrogen-bond acceptors (Lipinski definition) is 7. The number of carbonyl (C=O) groups is 2. The molecule has 0 atom stereocenters. The minimum absolute atomic E-state index is 0.0677. The molecule has 16 heavy (non-hydrogen) atoms. The highest BCUT2D eigenvalue weighted by Gasteiger charge is 2.13. The van der Waals surface area contributed by atoms with Crippen LogP contribution in [0.5, 0.6) is 0 Å². The summed E-state index contributed by atoms with van der Waals surface area (Å²) in [4.78, 5) is 22.0. The third-order valence-electron chi connectivity index (χ3n) is 1.66. The zero-order chi connectivity index (χ0) is 12.0. The lowest BCUT2D eigenvalue weighted by atomic mass is 10.4. The lowest BCUT2D eigenvalue weighted by Crippen LogP contribution is -2.14. The van der Waals surface area contributed by atoms with E-state index in [1.165, 1.54) is 4.68 Å². The highest BCUT2D eigenvalue weighted by atomic mass is 16.6. The third kappa shape index (κ3) is 3.64. The Morgan fingerprint density at radius 1 is 1.31 bits per heavy atom. The second-order valence-corrected chi connectivity index (χ2v) is 2.86. The molecule has 0 radical (unpaired) electrons. The molecule has 0 unspecified atom stereocenters. The van der Waals surface area contributed by atoms with E-state index in [0.717, 1.165) is 0 Å². The van der Waals surface area contributed by atoms with Crippen molar-refractivity contribution in [2.24, 2.45) is 7.05 Å². The number of rotatable bonds is 5. The molecule has 0 spiro atoms. The molecule has 0 fully saturated rings. The van der Waals surface area contributed by atoms with Crippen LogP contribution < -0.4 is 0 Å². The van der Waals surface area contributed by atoms with Gasteiger partial charge in [0.05, 0.1) is 6.61 Å². The largest absolute Gasteiger partial charge is 0.466 e. The number of esters is 2. The summed E-state index contributed by atoms with van der Waals surface area (Å²) in [6.07, 6.45) is -0.404. The second kappa shape index (κ2) is 5.79. The van der Waals surface area contributed by atoms with Gasteiger partial charge in [-0.05, 0) is 17.4 Å². The van der Waals surface area contributed by atoms with Crippen LogP contribution in [-0.4, -0.2) is 38.8 Å². The topological polar surface area (TPSA) is 96.2 Å². The van der Waals surface area contributed by atoms with Gasteiger partial charge in [0, 0.05) is 7.05 Å². The number of carbonyl (C=O) groups excluding carboxylic acids is 2. The number of aromatic nitrogens is 4. The predicted molar refractivity (Wildman–Crippen MR) is 49.8 cm³/mol. The molecule has 1 aromatic rings. The molecule has 0 saturated carbocycles. The standard InChI is InChI=1S/C8H12N4O4/c1-3-15-7(13)4-8(14)16-5-6-9-10-11-12(6)2/h3-5H2,1-2H3. The van der Waals surface area contributed by atoms with E-state index in [0.29, 0.717) is 5.82 Å². The zero-order valence-electron chi connectivity index (χ0n) is 9.04. The molecule has 1 rings (SSSR count). The van der Waals surface area contributed by atoms with Gasteiger partial charge in [-0.1, -0.05) is 0 Å². The van der Waals surface area contributed by atoms with Crippen LogP contribution in [0.1, 0.15) is 19.2 Å². The smallest absolute Gasteiger partial charge is 0.317 e. The van der Waals surface area contributed by atoms with Crippen molar-refractivity contribution < 1.29 is 19.1 Å². The first-order chi connectivity index (χ1) is 7.63. The Kier molecular flexibility index (Phi) is 4.37. The van der Waals surface area contributed by atoms with Crippen LogP contribution in [0.3, 0.4) is 0 Å². The molecule has 0 N–H and O–H groups in total. The van der Waals surface area contributed by atoms with Crippen LogP contribution in [0.15, 0.2) is 0 Å². The maximum atomic E-state index is 11.1. The van der Waals surface area contributed by atoms with Gasteiger partial charge in [0.2, 0.25) is 0 Å². The van der Waals surface area contributed by atoms with Crippen molar-refractivity contribution in [3.63, 3.8) is 0 Å². The Balaban J connectivity index is 2.31. The Morgan fingerprint density at radius 3 is 2.56 bits per heavy atom. The number of tetrazole rings is 1. The summed E-state index contributed by atoms with van der Waals surface area (Å²) in [5.41, 5.74) is 0. The van der Waals surface area contributed by atoms with Gasteiger partial charge in [0.15, 0.2) is 12.4 Å². The van der Waals surface area contributed by atoms with Crippen LogP contribution >= 0.6 is 0 Å². The number of ether oxygens (including phenoxy) is 2. The Hall–Kier alpha value is -1.99. The van der Waals surface area contributed by atoms with Crippen molar-refractivity contribution in [1.82, 2.24) is 20.2 Å². The first-order valence-corrected chi connectivity index (χ1v) is 4.66. The predicted octanol–water partition coefficient (Wildman–Crippen LogP) is -0.794. The average Bonchev–Trinajstić information content (AvgIpc) is 2.61. The quantitative estimate of drug-likeness (QED) is 0.481. The van der Waals surface area contributed by atoms with Crippen molar-refractivity contribution in [1.29, 1.82) is 0 Å². The van der Waals surface area contributed by atoms with E-state index in [4.69, 9.17) is 4.74 Å². The van der Waals surface area contributed by atoms with Crippen molar-refractivity contribution in [3.05, 3.63) is 5.82 Å². The fraction of sp³-hybridized carbons (Fsp3) is 0.625. The van der Waals surface area contributed by atoms with E-state index in [-0.39, 0.29) is 13.2 Å². The fourth-order valence-electron chi connectivity index (χ4n) is 0.896. The van der Waals surface area contributed by atoms with Crippen LogP contribution in [0.2, 0.25) is 0 Å². The molecular formula is C8H12N4O4. The summed E-state index contributed by atoms with van der Waals surface area (Å²) in [5, 5.41) is 10.5. The Bertz CT molecular complexity index is 376. The third-order valence-corrected chi connectivity index (χ3v) is 1.66. The van der Waals surface area contributed by atoms with Crippen molar-refractivity contribution in [2.75, 3.05) is 6.61 Å². The van der Waals surface area contributed by atoms with Gasteiger partial charge < -0.3 is 9.47 Å². The number of hydrogen-bond donors (Lipinski definition) is 0. The molecule has 0 aromatic carbocycles.